The van der Waals surface area contributed by atoms with Crippen molar-refractivity contribution >= 4 is 11.9 Å². The molecule has 7 heteroatoms. The molecule has 0 atom stereocenters. The summed E-state index contributed by atoms with van der Waals surface area (Å²) in [6, 6.07) is 0.187. The molecule has 1 heterocycles. The molecule has 18 heavy (non-hydrogen) atoms. The second-order valence-electron chi connectivity index (χ2n) is 4.00. The van der Waals surface area contributed by atoms with Crippen LogP contribution in [-0.4, -0.2) is 38.8 Å². The van der Waals surface area contributed by atoms with Gasteiger partial charge in [-0.25, -0.2) is 0 Å². The minimum absolute atomic E-state index is 0.00441. The summed E-state index contributed by atoms with van der Waals surface area (Å²) in [5.74, 6) is 0.415. The van der Waals surface area contributed by atoms with E-state index in [2.05, 4.69) is 20.3 Å². The molecule has 0 amide bonds. The Labute approximate surface area is 107 Å². The number of hydrogen-bond acceptors (Lipinski definition) is 7. The molecule has 1 aromatic rings. The fraction of sp³-hybridized carbons (Fsp3) is 0.727. The van der Waals surface area contributed by atoms with Crippen LogP contribution in [0.1, 0.15) is 33.6 Å². The maximum atomic E-state index is 9.48. The van der Waals surface area contributed by atoms with Gasteiger partial charge in [-0.3, -0.25) is 0 Å². The molecular weight excluding hydrogens is 234 g/mol. The molecule has 0 saturated carbocycles. The zero-order chi connectivity index (χ0) is 13.6. The van der Waals surface area contributed by atoms with Gasteiger partial charge in [-0.05, 0) is 19.8 Å². The predicted octanol–water partition coefficient (Wildman–Crippen LogP) is 0.815. The van der Waals surface area contributed by atoms with E-state index in [0.29, 0.717) is 12.6 Å². The van der Waals surface area contributed by atoms with Crippen molar-refractivity contribution < 1.29 is 9.84 Å². The molecule has 7 nitrogen and oxygen atoms in total. The van der Waals surface area contributed by atoms with E-state index in [1.54, 1.807) is 0 Å². The Morgan fingerprint density at radius 3 is 2.39 bits per heavy atom. The van der Waals surface area contributed by atoms with E-state index in [9.17, 15) is 5.11 Å². The Morgan fingerprint density at radius 2 is 1.89 bits per heavy atom. The minimum atomic E-state index is -0.447. The number of nitrogens with zero attached hydrogens (tertiary/aromatic N) is 3. The molecule has 0 spiro atoms. The first-order valence-corrected chi connectivity index (χ1v) is 6.12. The third-order valence-corrected chi connectivity index (χ3v) is 2.94. The molecule has 0 unspecified atom stereocenters. The zero-order valence-corrected chi connectivity index (χ0v) is 11.1. The predicted molar refractivity (Wildman–Crippen MR) is 69.4 cm³/mol. The molecule has 0 aliphatic heterocycles. The SMILES string of the molecule is CCOc1nc(N)nc(NC(CC)(CC)CO)n1. The number of aliphatic hydroxyl groups excluding tert-OH is 1. The first-order chi connectivity index (χ1) is 8.59. The Hall–Kier alpha value is -1.63. The number of anilines is 2. The third kappa shape index (κ3) is 3.43. The standard InChI is InChI=1S/C11H21N5O2/c1-4-11(5-2,7-17)16-9-13-8(12)14-10(15-9)18-6-3/h17H,4-7H2,1-3H3,(H3,12,13,14,15,16). The number of aromatic nitrogens is 3. The van der Waals surface area contributed by atoms with E-state index >= 15 is 0 Å². The lowest BCUT2D eigenvalue weighted by molar-refractivity contribution is 0.201. The highest BCUT2D eigenvalue weighted by atomic mass is 16.5. The number of ether oxygens (including phenoxy) is 1. The maximum Gasteiger partial charge on any atom is 0.323 e. The highest BCUT2D eigenvalue weighted by molar-refractivity contribution is 5.35. The van der Waals surface area contributed by atoms with Gasteiger partial charge in [0.25, 0.3) is 0 Å². The van der Waals surface area contributed by atoms with Crippen LogP contribution in [0.15, 0.2) is 0 Å². The van der Waals surface area contributed by atoms with Gasteiger partial charge in [-0.2, -0.15) is 15.0 Å². The highest BCUT2D eigenvalue weighted by Gasteiger charge is 2.26. The maximum absolute atomic E-state index is 9.48. The van der Waals surface area contributed by atoms with E-state index in [0.717, 1.165) is 12.8 Å². The molecule has 0 aliphatic carbocycles. The van der Waals surface area contributed by atoms with Gasteiger partial charge in [-0.15, -0.1) is 0 Å². The van der Waals surface area contributed by atoms with Crippen molar-refractivity contribution in [2.45, 2.75) is 39.2 Å². The number of nitrogen functional groups attached to an aromatic ring is 1. The summed E-state index contributed by atoms with van der Waals surface area (Å²) < 4.78 is 5.20. The Balaban J connectivity index is 2.95. The molecule has 1 rings (SSSR count). The lowest BCUT2D eigenvalue weighted by Crippen LogP contribution is -2.41. The van der Waals surface area contributed by atoms with Crippen LogP contribution in [-0.2, 0) is 0 Å². The largest absolute Gasteiger partial charge is 0.464 e. The van der Waals surface area contributed by atoms with Gasteiger partial charge in [0.2, 0.25) is 11.9 Å². The van der Waals surface area contributed by atoms with Crippen molar-refractivity contribution in [2.24, 2.45) is 0 Å². The van der Waals surface area contributed by atoms with Crippen LogP contribution in [0, 0.1) is 0 Å². The molecule has 0 saturated heterocycles. The van der Waals surface area contributed by atoms with Crippen molar-refractivity contribution in [2.75, 3.05) is 24.3 Å². The first kappa shape index (κ1) is 14.4. The minimum Gasteiger partial charge on any atom is -0.464 e. The van der Waals surface area contributed by atoms with E-state index in [4.69, 9.17) is 10.5 Å². The topological polar surface area (TPSA) is 106 Å². The van der Waals surface area contributed by atoms with Crippen molar-refractivity contribution in [3.8, 4) is 6.01 Å². The summed E-state index contributed by atoms with van der Waals surface area (Å²) in [6.07, 6.45) is 1.49. The molecule has 102 valence electrons. The van der Waals surface area contributed by atoms with E-state index < -0.39 is 5.54 Å². The zero-order valence-electron chi connectivity index (χ0n) is 11.1. The third-order valence-electron chi connectivity index (χ3n) is 2.94. The van der Waals surface area contributed by atoms with Crippen molar-refractivity contribution in [1.29, 1.82) is 0 Å². The normalized spacial score (nSPS) is 11.3. The number of nitrogens with two attached hydrogens (primary N) is 1. The summed E-state index contributed by atoms with van der Waals surface area (Å²) in [7, 11) is 0. The molecule has 4 N–H and O–H groups in total. The lowest BCUT2D eigenvalue weighted by Gasteiger charge is -2.30. The summed E-state index contributed by atoms with van der Waals surface area (Å²) >= 11 is 0. The fourth-order valence-corrected chi connectivity index (χ4v) is 1.55. The van der Waals surface area contributed by atoms with Gasteiger partial charge in [0.1, 0.15) is 0 Å². The summed E-state index contributed by atoms with van der Waals surface area (Å²) in [5.41, 5.74) is 5.14. The van der Waals surface area contributed by atoms with Crippen LogP contribution >= 0.6 is 0 Å². The van der Waals surface area contributed by atoms with Crippen molar-refractivity contribution in [1.82, 2.24) is 15.0 Å². The number of nitrogens with one attached hydrogen (secondary N) is 1. The second kappa shape index (κ2) is 6.34. The van der Waals surface area contributed by atoms with Crippen molar-refractivity contribution in [3.05, 3.63) is 0 Å². The van der Waals surface area contributed by atoms with Crippen LogP contribution in [0.25, 0.3) is 0 Å². The molecule has 0 aromatic carbocycles. The number of aliphatic hydroxyl groups is 1. The fourth-order valence-electron chi connectivity index (χ4n) is 1.55. The summed E-state index contributed by atoms with van der Waals surface area (Å²) in [6.45, 7) is 6.26. The number of rotatable bonds is 7. The molecule has 0 fully saturated rings. The lowest BCUT2D eigenvalue weighted by atomic mass is 9.94. The average Bonchev–Trinajstić information content (AvgIpc) is 2.36. The highest BCUT2D eigenvalue weighted by Crippen LogP contribution is 2.20. The molecule has 1 aromatic heterocycles. The van der Waals surface area contributed by atoms with Crippen molar-refractivity contribution in [3.63, 3.8) is 0 Å². The van der Waals surface area contributed by atoms with Crippen LogP contribution in [0.4, 0.5) is 11.9 Å². The van der Waals surface area contributed by atoms with Gasteiger partial charge in [0, 0.05) is 0 Å². The van der Waals surface area contributed by atoms with Crippen LogP contribution in [0.5, 0.6) is 6.01 Å². The van der Waals surface area contributed by atoms with Gasteiger partial charge >= 0.3 is 6.01 Å². The van der Waals surface area contributed by atoms with Gasteiger partial charge < -0.3 is 20.9 Å². The average molecular weight is 255 g/mol. The van der Waals surface area contributed by atoms with Crippen LogP contribution in [0.3, 0.4) is 0 Å². The van der Waals surface area contributed by atoms with Gasteiger partial charge in [0.15, 0.2) is 0 Å². The monoisotopic (exact) mass is 255 g/mol. The number of hydrogen-bond donors (Lipinski definition) is 3. The molecular formula is C11H21N5O2. The molecule has 0 aliphatic rings. The quantitative estimate of drug-likeness (QED) is 0.662. The van der Waals surface area contributed by atoms with Gasteiger partial charge in [-0.1, -0.05) is 13.8 Å². The smallest absolute Gasteiger partial charge is 0.323 e. The molecule has 0 radical (unpaired) electrons. The second-order valence-corrected chi connectivity index (χ2v) is 4.00. The van der Waals surface area contributed by atoms with E-state index in [1.807, 2.05) is 20.8 Å². The first-order valence-electron chi connectivity index (χ1n) is 6.12. The van der Waals surface area contributed by atoms with Crippen LogP contribution < -0.4 is 15.8 Å². The summed E-state index contributed by atoms with van der Waals surface area (Å²) in [5, 5.41) is 12.6. The summed E-state index contributed by atoms with van der Waals surface area (Å²) in [4.78, 5) is 12.0. The Morgan fingerprint density at radius 1 is 1.22 bits per heavy atom. The van der Waals surface area contributed by atoms with E-state index in [1.165, 1.54) is 0 Å². The van der Waals surface area contributed by atoms with Crippen LogP contribution in [0.2, 0.25) is 0 Å². The van der Waals surface area contributed by atoms with E-state index in [-0.39, 0.29) is 18.6 Å². The van der Waals surface area contributed by atoms with Gasteiger partial charge in [0.05, 0.1) is 18.8 Å². The molecule has 0 bridgehead atoms. The Kier molecular flexibility index (Phi) is 5.08. The Bertz CT molecular complexity index is 373.